The summed E-state index contributed by atoms with van der Waals surface area (Å²) in [4.78, 5) is 0. The summed E-state index contributed by atoms with van der Waals surface area (Å²) in [6, 6.07) is 12.4. The third kappa shape index (κ3) is 4.37. The van der Waals surface area contributed by atoms with E-state index in [9.17, 15) is 8.42 Å². The first-order valence-corrected chi connectivity index (χ1v) is 7.60. The molecule has 108 valence electrons. The zero-order valence-electron chi connectivity index (χ0n) is 10.8. The Balaban J connectivity index is 1.70. The lowest BCUT2D eigenvalue weighted by molar-refractivity contribution is 0.309. The summed E-state index contributed by atoms with van der Waals surface area (Å²) < 4.78 is 32.6. The van der Waals surface area contributed by atoms with E-state index in [-0.39, 0.29) is 5.09 Å². The van der Waals surface area contributed by atoms with Crippen molar-refractivity contribution in [2.45, 2.75) is 11.6 Å². The zero-order chi connectivity index (χ0) is 14.4. The first kappa shape index (κ1) is 14.6. The number of rotatable bonds is 7. The summed E-state index contributed by atoms with van der Waals surface area (Å²) in [7, 11) is -3.77. The first-order valence-electron chi connectivity index (χ1n) is 6.06. The Kier molecular flexibility index (Phi) is 4.78. The molecule has 1 aromatic carbocycles. The van der Waals surface area contributed by atoms with Gasteiger partial charge in [-0.25, -0.2) is 13.6 Å². The predicted octanol–water partition coefficient (Wildman–Crippen LogP) is 1.10. The van der Waals surface area contributed by atoms with Crippen molar-refractivity contribution in [3.8, 4) is 5.75 Å². The number of nitrogens with two attached hydrogens (primary N) is 1. The van der Waals surface area contributed by atoms with Crippen molar-refractivity contribution in [2.75, 3.05) is 13.2 Å². The number of para-hydroxylation sites is 1. The van der Waals surface area contributed by atoms with E-state index in [4.69, 9.17) is 14.3 Å². The fourth-order valence-corrected chi connectivity index (χ4v) is 2.06. The van der Waals surface area contributed by atoms with Crippen LogP contribution < -0.4 is 15.2 Å². The van der Waals surface area contributed by atoms with Gasteiger partial charge >= 0.3 is 0 Å². The van der Waals surface area contributed by atoms with E-state index in [1.165, 1.54) is 6.07 Å². The van der Waals surface area contributed by atoms with Gasteiger partial charge in [0.1, 0.15) is 18.1 Å². The number of ether oxygens (including phenoxy) is 1. The van der Waals surface area contributed by atoms with Gasteiger partial charge in [-0.3, -0.25) is 0 Å². The third-order valence-electron chi connectivity index (χ3n) is 2.51. The van der Waals surface area contributed by atoms with Crippen LogP contribution in [0.25, 0.3) is 0 Å². The maximum Gasteiger partial charge on any atom is 0.271 e. The summed E-state index contributed by atoms with van der Waals surface area (Å²) >= 11 is 0. The monoisotopic (exact) mass is 296 g/mol. The van der Waals surface area contributed by atoms with Gasteiger partial charge in [-0.05, 0) is 24.3 Å². The van der Waals surface area contributed by atoms with Gasteiger partial charge in [0, 0.05) is 6.54 Å². The van der Waals surface area contributed by atoms with E-state index in [1.807, 2.05) is 30.3 Å². The molecule has 0 fully saturated rings. The topological polar surface area (TPSA) is 94.6 Å². The SMILES string of the molecule is NS(=O)(=O)c1ccc(CNCCOc2ccccc2)o1. The van der Waals surface area contributed by atoms with Crippen LogP contribution in [-0.4, -0.2) is 21.6 Å². The van der Waals surface area contributed by atoms with Crippen molar-refractivity contribution in [2.24, 2.45) is 5.14 Å². The lowest BCUT2D eigenvalue weighted by Gasteiger charge is -2.06. The number of furan rings is 1. The molecule has 0 radical (unpaired) electrons. The van der Waals surface area contributed by atoms with E-state index in [2.05, 4.69) is 5.32 Å². The summed E-state index contributed by atoms with van der Waals surface area (Å²) in [5.74, 6) is 1.32. The van der Waals surface area contributed by atoms with Crippen LogP contribution in [0.4, 0.5) is 0 Å². The molecule has 0 spiro atoms. The summed E-state index contributed by atoms with van der Waals surface area (Å²) in [6.45, 7) is 1.53. The molecule has 3 N–H and O–H groups in total. The minimum atomic E-state index is -3.77. The predicted molar refractivity (Wildman–Crippen MR) is 73.7 cm³/mol. The highest BCUT2D eigenvalue weighted by Gasteiger charge is 2.12. The number of nitrogens with one attached hydrogen (secondary N) is 1. The van der Waals surface area contributed by atoms with Crippen molar-refractivity contribution in [1.82, 2.24) is 5.32 Å². The second-order valence-electron chi connectivity index (χ2n) is 4.10. The van der Waals surface area contributed by atoms with Gasteiger partial charge in [0.05, 0.1) is 6.54 Å². The zero-order valence-corrected chi connectivity index (χ0v) is 11.6. The average Bonchev–Trinajstić information content (AvgIpc) is 2.88. The molecule has 0 atom stereocenters. The van der Waals surface area contributed by atoms with Gasteiger partial charge in [-0.2, -0.15) is 0 Å². The molecule has 7 heteroatoms. The lowest BCUT2D eigenvalue weighted by atomic mass is 10.3. The highest BCUT2D eigenvalue weighted by Crippen LogP contribution is 2.11. The maximum atomic E-state index is 11.0. The molecule has 1 aromatic heterocycles. The Morgan fingerprint density at radius 3 is 2.55 bits per heavy atom. The fraction of sp³-hybridized carbons (Fsp3) is 0.231. The van der Waals surface area contributed by atoms with Crippen LogP contribution in [0, 0.1) is 0 Å². The molecule has 0 aliphatic heterocycles. The highest BCUT2D eigenvalue weighted by molar-refractivity contribution is 7.89. The van der Waals surface area contributed by atoms with E-state index >= 15 is 0 Å². The smallest absolute Gasteiger partial charge is 0.271 e. The summed E-state index contributed by atoms with van der Waals surface area (Å²) in [6.07, 6.45) is 0. The van der Waals surface area contributed by atoms with Crippen LogP contribution in [0.1, 0.15) is 5.76 Å². The molecule has 0 saturated carbocycles. The van der Waals surface area contributed by atoms with Crippen molar-refractivity contribution in [1.29, 1.82) is 0 Å². The summed E-state index contributed by atoms with van der Waals surface area (Å²) in [5, 5.41) is 7.80. The maximum absolute atomic E-state index is 11.0. The van der Waals surface area contributed by atoms with Crippen molar-refractivity contribution in [3.63, 3.8) is 0 Å². The van der Waals surface area contributed by atoms with Crippen LogP contribution in [0.3, 0.4) is 0 Å². The third-order valence-corrected chi connectivity index (χ3v) is 3.29. The van der Waals surface area contributed by atoms with Gasteiger partial charge in [-0.15, -0.1) is 0 Å². The van der Waals surface area contributed by atoms with Crippen LogP contribution in [-0.2, 0) is 16.6 Å². The molecule has 0 unspecified atom stereocenters. The molecule has 0 amide bonds. The minimum absolute atomic E-state index is 0.227. The molecule has 2 aromatic rings. The lowest BCUT2D eigenvalue weighted by Crippen LogP contribution is -2.20. The van der Waals surface area contributed by atoms with Gasteiger partial charge in [0.25, 0.3) is 10.0 Å². The number of primary sulfonamides is 1. The molecule has 0 aliphatic rings. The van der Waals surface area contributed by atoms with Gasteiger partial charge < -0.3 is 14.5 Å². The highest BCUT2D eigenvalue weighted by atomic mass is 32.2. The van der Waals surface area contributed by atoms with Crippen LogP contribution in [0.2, 0.25) is 0 Å². The largest absolute Gasteiger partial charge is 0.492 e. The van der Waals surface area contributed by atoms with Crippen LogP contribution in [0.15, 0.2) is 52.0 Å². The molecule has 0 bridgehead atoms. The Hall–Kier alpha value is -1.83. The normalized spacial score (nSPS) is 11.4. The Morgan fingerprint density at radius 2 is 1.90 bits per heavy atom. The van der Waals surface area contributed by atoms with Crippen molar-refractivity contribution >= 4 is 10.0 Å². The van der Waals surface area contributed by atoms with E-state index in [0.717, 1.165) is 5.75 Å². The number of sulfonamides is 1. The van der Waals surface area contributed by atoms with Crippen molar-refractivity contribution in [3.05, 3.63) is 48.2 Å². The van der Waals surface area contributed by atoms with E-state index in [0.29, 0.717) is 25.5 Å². The number of hydrogen-bond acceptors (Lipinski definition) is 5. The molecule has 6 nitrogen and oxygen atoms in total. The van der Waals surface area contributed by atoms with Crippen molar-refractivity contribution < 1.29 is 17.6 Å². The quantitative estimate of drug-likeness (QED) is 0.746. The standard InChI is InChI=1S/C13H16N2O4S/c14-20(16,17)13-7-6-12(19-13)10-15-8-9-18-11-4-2-1-3-5-11/h1-7,15H,8-10H2,(H2,14,16,17). The van der Waals surface area contributed by atoms with Gasteiger partial charge in [0.15, 0.2) is 0 Å². The van der Waals surface area contributed by atoms with Crippen LogP contribution >= 0.6 is 0 Å². The first-order chi connectivity index (χ1) is 9.55. The van der Waals surface area contributed by atoms with Gasteiger partial charge in [-0.1, -0.05) is 18.2 Å². The molecule has 0 aliphatic carbocycles. The minimum Gasteiger partial charge on any atom is -0.492 e. The Bertz CT molecular complexity index is 637. The molecule has 1 heterocycles. The fourth-order valence-electron chi connectivity index (χ4n) is 1.58. The van der Waals surface area contributed by atoms with E-state index in [1.54, 1.807) is 6.07 Å². The van der Waals surface area contributed by atoms with E-state index < -0.39 is 10.0 Å². The molecular weight excluding hydrogens is 280 g/mol. The summed E-state index contributed by atoms with van der Waals surface area (Å²) in [5.41, 5.74) is 0. The van der Waals surface area contributed by atoms with Crippen LogP contribution in [0.5, 0.6) is 5.75 Å². The number of benzene rings is 1. The molecule has 20 heavy (non-hydrogen) atoms. The molecule has 2 rings (SSSR count). The molecule has 0 saturated heterocycles. The second-order valence-corrected chi connectivity index (χ2v) is 5.60. The number of hydrogen-bond donors (Lipinski definition) is 2. The van der Waals surface area contributed by atoms with Gasteiger partial charge in [0.2, 0.25) is 5.09 Å². The Labute approximate surface area is 117 Å². The second kappa shape index (κ2) is 6.56. The molecular formula is C13H16N2O4S. The average molecular weight is 296 g/mol. The Morgan fingerprint density at radius 1 is 1.15 bits per heavy atom.